The number of allylic oxidation sites excluding steroid dienone is 1. The van der Waals surface area contributed by atoms with E-state index >= 15 is 0 Å². The summed E-state index contributed by atoms with van der Waals surface area (Å²) in [6.07, 6.45) is 80.7. The van der Waals surface area contributed by atoms with Crippen LogP contribution in [0, 0.1) is 0 Å². The molecular weight excluding hydrogens is 1070 g/mol. The van der Waals surface area contributed by atoms with Gasteiger partial charge < -0.3 is 40.3 Å². The molecule has 9 nitrogen and oxygen atoms in total. The monoisotopic (exact) mass is 1220 g/mol. The smallest absolute Gasteiger partial charge is 0.220 e. The zero-order valence-electron chi connectivity index (χ0n) is 57.6. The van der Waals surface area contributed by atoms with Crippen molar-refractivity contribution >= 4 is 5.91 Å². The molecule has 0 aromatic heterocycles. The molecule has 1 rings (SSSR count). The highest BCUT2D eigenvalue weighted by Crippen LogP contribution is 2.24. The molecule has 7 unspecified atom stereocenters. The van der Waals surface area contributed by atoms with Crippen LogP contribution in [0.3, 0.4) is 0 Å². The van der Waals surface area contributed by atoms with E-state index in [1.807, 2.05) is 6.08 Å². The molecule has 0 radical (unpaired) electrons. The Morgan fingerprint density at radius 1 is 0.384 bits per heavy atom. The maximum absolute atomic E-state index is 13.2. The summed E-state index contributed by atoms with van der Waals surface area (Å²) in [6.45, 7) is 3.86. The first kappa shape index (κ1) is 82.9. The van der Waals surface area contributed by atoms with Crippen molar-refractivity contribution in [3.8, 4) is 0 Å². The second kappa shape index (κ2) is 66.8. The molecule has 86 heavy (non-hydrogen) atoms. The zero-order chi connectivity index (χ0) is 62.1. The second-order valence-corrected chi connectivity index (χ2v) is 27.5. The maximum atomic E-state index is 13.2. The van der Waals surface area contributed by atoms with Gasteiger partial charge in [0.1, 0.15) is 24.4 Å². The summed E-state index contributed by atoms with van der Waals surface area (Å²) in [5.41, 5.74) is 0. The summed E-state index contributed by atoms with van der Waals surface area (Å²) < 4.78 is 11.3. The normalized spacial score (nSPS) is 18.0. The molecule has 7 atom stereocenters. The topological polar surface area (TPSA) is 149 Å². The Morgan fingerprint density at radius 3 is 0.907 bits per heavy atom. The van der Waals surface area contributed by atoms with Crippen molar-refractivity contribution < 1.29 is 39.8 Å². The Bertz CT molecular complexity index is 1360. The molecule has 1 saturated heterocycles. The van der Waals surface area contributed by atoms with Crippen LogP contribution in [0.5, 0.6) is 0 Å². The van der Waals surface area contributed by atoms with Crippen LogP contribution in [0.1, 0.15) is 418 Å². The number of aliphatic hydroxyl groups excluding tert-OH is 5. The fraction of sp³-hybridized carbons (Fsp3) is 0.961. The lowest BCUT2D eigenvalue weighted by Crippen LogP contribution is -2.60. The van der Waals surface area contributed by atoms with Gasteiger partial charge in [0, 0.05) is 6.42 Å². The molecule has 1 amide bonds. The number of carbonyl (C=O) groups excluding carboxylic acids is 1. The van der Waals surface area contributed by atoms with E-state index in [0.29, 0.717) is 6.42 Å². The third-order valence-corrected chi connectivity index (χ3v) is 19.1. The van der Waals surface area contributed by atoms with E-state index in [1.54, 1.807) is 6.08 Å². The lowest BCUT2D eigenvalue weighted by Gasteiger charge is -2.40. The molecule has 1 aliphatic rings. The lowest BCUT2D eigenvalue weighted by molar-refractivity contribution is -0.302. The largest absolute Gasteiger partial charge is 0.394 e. The minimum atomic E-state index is -1.57. The van der Waals surface area contributed by atoms with Crippen molar-refractivity contribution in [2.75, 3.05) is 13.2 Å². The van der Waals surface area contributed by atoms with Crippen LogP contribution in [-0.2, 0) is 14.3 Å². The first-order chi connectivity index (χ1) is 42.3. The Morgan fingerprint density at radius 2 is 0.640 bits per heavy atom. The van der Waals surface area contributed by atoms with Gasteiger partial charge in [-0.05, 0) is 19.3 Å². The Labute approximate surface area is 535 Å². The average Bonchev–Trinajstić information content (AvgIpc) is 2.33. The van der Waals surface area contributed by atoms with Gasteiger partial charge in [-0.15, -0.1) is 0 Å². The van der Waals surface area contributed by atoms with Gasteiger partial charge in [-0.1, -0.05) is 405 Å². The Kier molecular flexibility index (Phi) is 64.5. The van der Waals surface area contributed by atoms with Crippen LogP contribution in [0.4, 0.5) is 0 Å². The van der Waals surface area contributed by atoms with Crippen LogP contribution in [-0.4, -0.2) is 87.5 Å². The molecule has 0 bridgehead atoms. The molecule has 0 aliphatic carbocycles. The van der Waals surface area contributed by atoms with E-state index in [9.17, 15) is 30.3 Å². The fourth-order valence-corrected chi connectivity index (χ4v) is 13.0. The van der Waals surface area contributed by atoms with Crippen LogP contribution in [0.25, 0.3) is 0 Å². The average molecular weight is 1220 g/mol. The molecule has 1 fully saturated rings. The predicted octanol–water partition coefficient (Wildman–Crippen LogP) is 21.8. The van der Waals surface area contributed by atoms with Crippen molar-refractivity contribution in [3.63, 3.8) is 0 Å². The van der Waals surface area contributed by atoms with Gasteiger partial charge in [-0.25, -0.2) is 0 Å². The van der Waals surface area contributed by atoms with Crippen molar-refractivity contribution in [1.82, 2.24) is 5.32 Å². The van der Waals surface area contributed by atoms with E-state index in [0.717, 1.165) is 38.5 Å². The number of nitrogens with one attached hydrogen (secondary N) is 1. The molecule has 1 heterocycles. The van der Waals surface area contributed by atoms with Crippen LogP contribution in [0.15, 0.2) is 12.2 Å². The van der Waals surface area contributed by atoms with E-state index in [4.69, 9.17) is 9.47 Å². The highest BCUT2D eigenvalue weighted by molar-refractivity contribution is 5.76. The Hall–Kier alpha value is -1.07. The third kappa shape index (κ3) is 54.6. The first-order valence-electron chi connectivity index (χ1n) is 38.9. The van der Waals surface area contributed by atoms with E-state index in [2.05, 4.69) is 19.2 Å². The quantitative estimate of drug-likeness (QED) is 0.0261. The predicted molar refractivity (Wildman–Crippen MR) is 369 cm³/mol. The summed E-state index contributed by atoms with van der Waals surface area (Å²) in [7, 11) is 0. The number of unbranched alkanes of at least 4 members (excludes halogenated alkanes) is 60. The standard InChI is InChI=1S/C77H151NO8/c1-3-5-7-9-11-13-15-17-19-21-23-25-27-29-31-33-35-37-39-41-43-45-47-49-51-53-55-57-59-61-63-65-67-73(81)78-70(69-85-77-76(84)75(83)74(82)72(68-79)86-77)71(80)66-64-62-60-58-56-54-52-50-48-46-44-42-40-38-36-34-32-30-28-26-24-22-20-18-16-14-12-10-8-6-4-2/h64,66,70-72,74-77,79-80,82-84H,3-63,65,67-69H2,1-2H3,(H,78,81)/b66-64+. The number of hydrogen-bond acceptors (Lipinski definition) is 8. The van der Waals surface area contributed by atoms with Gasteiger partial charge in [0.25, 0.3) is 0 Å². The number of rotatable bonds is 70. The fourth-order valence-electron chi connectivity index (χ4n) is 13.0. The molecule has 0 aromatic rings. The number of ether oxygens (including phenoxy) is 2. The summed E-state index contributed by atoms with van der Waals surface area (Å²) in [5, 5.41) is 54.9. The highest BCUT2D eigenvalue weighted by atomic mass is 16.7. The van der Waals surface area contributed by atoms with Crippen molar-refractivity contribution in [2.45, 2.75) is 461 Å². The summed E-state index contributed by atoms with van der Waals surface area (Å²) in [5.74, 6) is -0.165. The van der Waals surface area contributed by atoms with Gasteiger partial charge in [0.05, 0.1) is 25.4 Å². The Balaban J connectivity index is 2.07. The van der Waals surface area contributed by atoms with Crippen LogP contribution < -0.4 is 5.32 Å². The molecule has 512 valence electrons. The number of carbonyl (C=O) groups is 1. The van der Waals surface area contributed by atoms with E-state index in [-0.39, 0.29) is 12.5 Å². The van der Waals surface area contributed by atoms with Crippen LogP contribution in [0.2, 0.25) is 0 Å². The van der Waals surface area contributed by atoms with Gasteiger partial charge in [0.2, 0.25) is 5.91 Å². The SMILES string of the molecule is CCCCCCCCCCCCCCCCCCCCCCCCCCCCCCC/C=C/C(O)C(COC1OC(CO)C(O)C(O)C1O)NC(=O)CCCCCCCCCCCCCCCCCCCCCCCCCCCCCCCCCC. The van der Waals surface area contributed by atoms with Crippen LogP contribution >= 0.6 is 0 Å². The number of aliphatic hydroxyl groups is 5. The van der Waals surface area contributed by atoms with E-state index < -0.39 is 49.5 Å². The molecule has 0 aromatic carbocycles. The summed E-state index contributed by atoms with van der Waals surface area (Å²) in [6, 6.07) is -0.803. The summed E-state index contributed by atoms with van der Waals surface area (Å²) >= 11 is 0. The number of hydrogen-bond donors (Lipinski definition) is 6. The molecule has 0 saturated carbocycles. The second-order valence-electron chi connectivity index (χ2n) is 27.5. The van der Waals surface area contributed by atoms with E-state index in [1.165, 1.54) is 360 Å². The number of amides is 1. The van der Waals surface area contributed by atoms with Gasteiger partial charge in [0.15, 0.2) is 6.29 Å². The molecular formula is C77H151NO8. The molecule has 0 spiro atoms. The minimum absolute atomic E-state index is 0.165. The van der Waals surface area contributed by atoms with Crippen molar-refractivity contribution in [2.24, 2.45) is 0 Å². The minimum Gasteiger partial charge on any atom is -0.394 e. The van der Waals surface area contributed by atoms with Crippen molar-refractivity contribution in [1.29, 1.82) is 0 Å². The van der Waals surface area contributed by atoms with Crippen molar-refractivity contribution in [3.05, 3.63) is 12.2 Å². The summed E-state index contributed by atoms with van der Waals surface area (Å²) in [4.78, 5) is 13.2. The maximum Gasteiger partial charge on any atom is 0.220 e. The molecule has 9 heteroatoms. The molecule has 6 N–H and O–H groups in total. The first-order valence-corrected chi connectivity index (χ1v) is 38.9. The van der Waals surface area contributed by atoms with Gasteiger partial charge in [-0.3, -0.25) is 4.79 Å². The lowest BCUT2D eigenvalue weighted by atomic mass is 9.99. The van der Waals surface area contributed by atoms with Gasteiger partial charge in [-0.2, -0.15) is 0 Å². The highest BCUT2D eigenvalue weighted by Gasteiger charge is 2.44. The molecule has 1 aliphatic heterocycles. The van der Waals surface area contributed by atoms with Gasteiger partial charge >= 0.3 is 0 Å². The zero-order valence-corrected chi connectivity index (χ0v) is 57.6. The third-order valence-electron chi connectivity index (χ3n) is 19.1.